The number of aliphatic carboxylic acids is 1. The van der Waals surface area contributed by atoms with Gasteiger partial charge in [-0.05, 0) is 60.7 Å². The zero-order valence-electron chi connectivity index (χ0n) is 20.0. The predicted molar refractivity (Wildman–Crippen MR) is 138 cm³/mol. The van der Waals surface area contributed by atoms with Gasteiger partial charge in [-0.3, -0.25) is 9.59 Å². The number of carboxylic acids is 1. The number of nitrogens with one attached hydrogen (secondary N) is 2. The van der Waals surface area contributed by atoms with Crippen LogP contribution in [0.15, 0.2) is 72.8 Å². The molecule has 0 radical (unpaired) electrons. The normalized spacial score (nSPS) is 11.6. The third-order valence-electron chi connectivity index (χ3n) is 5.87. The quantitative estimate of drug-likeness (QED) is 0.307. The van der Waals surface area contributed by atoms with Crippen LogP contribution in [0.25, 0.3) is 11.1 Å². The van der Waals surface area contributed by atoms with Gasteiger partial charge in [-0.25, -0.2) is 0 Å². The Morgan fingerprint density at radius 1 is 0.882 bits per heavy atom. The van der Waals surface area contributed by atoms with E-state index in [9.17, 15) is 9.59 Å². The third-order valence-corrected chi connectivity index (χ3v) is 5.87. The van der Waals surface area contributed by atoms with Crippen LogP contribution in [0.2, 0.25) is 0 Å². The lowest BCUT2D eigenvalue weighted by molar-refractivity contribution is -0.136. The molecular weight excluding hydrogens is 424 g/mol. The highest BCUT2D eigenvalue weighted by molar-refractivity contribution is 5.94. The summed E-state index contributed by atoms with van der Waals surface area (Å²) in [6, 6.07) is 25.0. The molecular formula is C29H34N2O3. The van der Waals surface area contributed by atoms with Gasteiger partial charge in [0.25, 0.3) is 5.91 Å². The van der Waals surface area contributed by atoms with Crippen LogP contribution in [0.1, 0.15) is 54.1 Å². The summed E-state index contributed by atoms with van der Waals surface area (Å²) in [4.78, 5) is 22.8. The van der Waals surface area contributed by atoms with E-state index in [0.29, 0.717) is 11.6 Å². The fraction of sp³-hybridized carbons (Fsp3) is 0.310. The van der Waals surface area contributed by atoms with Crippen molar-refractivity contribution in [2.75, 3.05) is 11.9 Å². The van der Waals surface area contributed by atoms with Gasteiger partial charge in [-0.15, -0.1) is 0 Å². The summed E-state index contributed by atoms with van der Waals surface area (Å²) in [6.07, 6.45) is 4.18. The van der Waals surface area contributed by atoms with Crippen molar-refractivity contribution in [2.45, 2.75) is 52.0 Å². The Morgan fingerprint density at radius 2 is 1.50 bits per heavy atom. The lowest BCUT2D eigenvalue weighted by Crippen LogP contribution is -2.26. The standard InChI is InChI=1S/C29H34N2O3/c1-3-4-5-27(20-22-8-12-24(13-9-22)23-10-6-21(2)7-11-23)31-26-16-14-25(15-17-26)29(34)30-19-18-28(32)33/h6-17,27,31H,3-5,18-20H2,1-2H3,(H,30,34)(H,32,33)/t27-/m1/s1. The molecule has 0 aliphatic rings. The number of carbonyl (C=O) groups excluding carboxylic acids is 1. The van der Waals surface area contributed by atoms with E-state index in [2.05, 4.69) is 73.0 Å². The number of carboxylic acid groups (broad SMARTS) is 1. The second-order valence-corrected chi connectivity index (χ2v) is 8.73. The average molecular weight is 459 g/mol. The second kappa shape index (κ2) is 12.6. The van der Waals surface area contributed by atoms with Gasteiger partial charge in [-0.1, -0.05) is 73.9 Å². The fourth-order valence-corrected chi connectivity index (χ4v) is 3.88. The zero-order valence-corrected chi connectivity index (χ0v) is 20.0. The monoisotopic (exact) mass is 458 g/mol. The first-order valence-corrected chi connectivity index (χ1v) is 12.0. The summed E-state index contributed by atoms with van der Waals surface area (Å²) in [5, 5.41) is 15.0. The molecule has 178 valence electrons. The van der Waals surface area contributed by atoms with Gasteiger partial charge in [0.05, 0.1) is 6.42 Å². The average Bonchev–Trinajstić information content (AvgIpc) is 2.84. The Hall–Kier alpha value is -3.60. The van der Waals surface area contributed by atoms with Gasteiger partial charge in [-0.2, -0.15) is 0 Å². The van der Waals surface area contributed by atoms with Crippen molar-refractivity contribution in [1.82, 2.24) is 5.32 Å². The highest BCUT2D eigenvalue weighted by atomic mass is 16.4. The maximum atomic E-state index is 12.2. The van der Waals surface area contributed by atoms with E-state index in [1.165, 1.54) is 22.3 Å². The summed E-state index contributed by atoms with van der Waals surface area (Å²) in [5.41, 5.74) is 6.49. The van der Waals surface area contributed by atoms with Gasteiger partial charge in [0.1, 0.15) is 0 Å². The van der Waals surface area contributed by atoms with E-state index in [1.54, 1.807) is 12.1 Å². The highest BCUT2D eigenvalue weighted by Gasteiger charge is 2.11. The third kappa shape index (κ3) is 7.77. The van der Waals surface area contributed by atoms with E-state index in [-0.39, 0.29) is 18.9 Å². The first-order valence-electron chi connectivity index (χ1n) is 12.0. The number of benzene rings is 3. The minimum Gasteiger partial charge on any atom is -0.481 e. The molecule has 3 rings (SSSR count). The number of carbonyl (C=O) groups is 2. The second-order valence-electron chi connectivity index (χ2n) is 8.73. The molecule has 0 unspecified atom stereocenters. The molecule has 1 amide bonds. The van der Waals surface area contributed by atoms with Crippen LogP contribution in [0.5, 0.6) is 0 Å². The summed E-state index contributed by atoms with van der Waals surface area (Å²) in [6.45, 7) is 4.42. The maximum Gasteiger partial charge on any atom is 0.305 e. The van der Waals surface area contributed by atoms with Gasteiger partial charge in [0.2, 0.25) is 0 Å². The molecule has 3 aromatic carbocycles. The molecule has 0 saturated carbocycles. The molecule has 0 aromatic heterocycles. The molecule has 5 heteroatoms. The fourth-order valence-electron chi connectivity index (χ4n) is 3.88. The number of rotatable bonds is 12. The molecule has 0 aliphatic carbocycles. The smallest absolute Gasteiger partial charge is 0.305 e. The molecule has 0 fully saturated rings. The Balaban J connectivity index is 1.61. The molecule has 0 saturated heterocycles. The number of aryl methyl sites for hydroxylation is 1. The lowest BCUT2D eigenvalue weighted by Gasteiger charge is -2.20. The molecule has 0 spiro atoms. The van der Waals surface area contributed by atoms with Crippen molar-refractivity contribution in [3.63, 3.8) is 0 Å². The minimum atomic E-state index is -0.928. The van der Waals surface area contributed by atoms with Crippen molar-refractivity contribution in [3.05, 3.63) is 89.5 Å². The SMILES string of the molecule is CCCC[C@H](Cc1ccc(-c2ccc(C)cc2)cc1)Nc1ccc(C(=O)NCCC(=O)O)cc1. The van der Waals surface area contributed by atoms with Crippen molar-refractivity contribution in [3.8, 4) is 11.1 Å². The van der Waals surface area contributed by atoms with Crippen molar-refractivity contribution >= 4 is 17.6 Å². The van der Waals surface area contributed by atoms with E-state index in [0.717, 1.165) is 31.4 Å². The molecule has 1 atom stereocenters. The number of unbranched alkanes of at least 4 members (excludes halogenated alkanes) is 1. The Kier molecular flexibility index (Phi) is 9.27. The van der Waals surface area contributed by atoms with Crippen LogP contribution < -0.4 is 10.6 Å². The van der Waals surface area contributed by atoms with Gasteiger partial charge in [0, 0.05) is 23.8 Å². The van der Waals surface area contributed by atoms with Crippen LogP contribution in [-0.2, 0) is 11.2 Å². The van der Waals surface area contributed by atoms with Gasteiger partial charge < -0.3 is 15.7 Å². The summed E-state index contributed by atoms with van der Waals surface area (Å²) in [5.74, 6) is -1.19. The van der Waals surface area contributed by atoms with Crippen LogP contribution in [-0.4, -0.2) is 29.6 Å². The molecule has 5 nitrogen and oxygen atoms in total. The summed E-state index contributed by atoms with van der Waals surface area (Å²) in [7, 11) is 0. The van der Waals surface area contributed by atoms with Crippen LogP contribution in [0, 0.1) is 6.92 Å². The lowest BCUT2D eigenvalue weighted by atomic mass is 9.97. The largest absolute Gasteiger partial charge is 0.481 e. The van der Waals surface area contributed by atoms with Crippen LogP contribution in [0.4, 0.5) is 5.69 Å². The van der Waals surface area contributed by atoms with E-state index < -0.39 is 5.97 Å². The Bertz CT molecular complexity index is 1060. The van der Waals surface area contributed by atoms with Crippen LogP contribution in [0.3, 0.4) is 0 Å². The zero-order chi connectivity index (χ0) is 24.3. The Labute approximate surface area is 202 Å². The summed E-state index contributed by atoms with van der Waals surface area (Å²) < 4.78 is 0. The Morgan fingerprint density at radius 3 is 2.09 bits per heavy atom. The van der Waals surface area contributed by atoms with Crippen molar-refractivity contribution < 1.29 is 14.7 Å². The van der Waals surface area contributed by atoms with Crippen molar-refractivity contribution in [1.29, 1.82) is 0 Å². The molecule has 3 N–H and O–H groups in total. The van der Waals surface area contributed by atoms with Gasteiger partial charge >= 0.3 is 5.97 Å². The molecule has 0 heterocycles. The van der Waals surface area contributed by atoms with E-state index in [1.807, 2.05) is 12.1 Å². The minimum absolute atomic E-state index is 0.0868. The molecule has 0 aliphatic heterocycles. The highest BCUT2D eigenvalue weighted by Crippen LogP contribution is 2.22. The van der Waals surface area contributed by atoms with E-state index >= 15 is 0 Å². The first kappa shape index (κ1) is 25.0. The summed E-state index contributed by atoms with van der Waals surface area (Å²) >= 11 is 0. The van der Waals surface area contributed by atoms with E-state index in [4.69, 9.17) is 5.11 Å². The van der Waals surface area contributed by atoms with Crippen molar-refractivity contribution in [2.24, 2.45) is 0 Å². The van der Waals surface area contributed by atoms with Crippen LogP contribution >= 0.6 is 0 Å². The number of amides is 1. The predicted octanol–water partition coefficient (Wildman–Crippen LogP) is 6.08. The number of hydrogen-bond acceptors (Lipinski definition) is 3. The molecule has 34 heavy (non-hydrogen) atoms. The number of anilines is 1. The molecule has 0 bridgehead atoms. The number of hydrogen-bond donors (Lipinski definition) is 3. The topological polar surface area (TPSA) is 78.4 Å². The van der Waals surface area contributed by atoms with Gasteiger partial charge in [0.15, 0.2) is 0 Å². The maximum absolute atomic E-state index is 12.2. The molecule has 3 aromatic rings. The first-order chi connectivity index (χ1) is 16.4.